The van der Waals surface area contributed by atoms with E-state index in [0.29, 0.717) is 17.5 Å². The van der Waals surface area contributed by atoms with Gasteiger partial charge in [0.05, 0.1) is 13.7 Å². The largest absolute Gasteiger partial charge is 0.497 e. The lowest BCUT2D eigenvalue weighted by molar-refractivity contribution is -0.137. The van der Waals surface area contributed by atoms with Crippen molar-refractivity contribution in [3.8, 4) is 22.9 Å². The number of aromatic nitrogens is 2. The maximum absolute atomic E-state index is 12.6. The first-order chi connectivity index (χ1) is 13.5. The quantitative estimate of drug-likeness (QED) is 0.548. The first kappa shape index (κ1) is 19.9. The number of methoxy groups -OCH3 is 1. The monoisotopic (exact) mass is 445 g/mol. The summed E-state index contributed by atoms with van der Waals surface area (Å²) in [6.07, 6.45) is -0.661. The van der Waals surface area contributed by atoms with Crippen LogP contribution in [0.3, 0.4) is 0 Å². The van der Waals surface area contributed by atoms with Crippen molar-refractivity contribution in [3.05, 3.63) is 58.9 Å². The van der Waals surface area contributed by atoms with Gasteiger partial charge in [-0.2, -0.15) is 4.98 Å². The average Bonchev–Trinajstić information content (AvgIpc) is 3.16. The van der Waals surface area contributed by atoms with Gasteiger partial charge in [-0.3, -0.25) is 4.79 Å². The number of rotatable bonds is 7. The van der Waals surface area contributed by atoms with E-state index in [9.17, 15) is 4.79 Å². The molecule has 0 bridgehead atoms. The molecule has 0 fully saturated rings. The highest BCUT2D eigenvalue weighted by Crippen LogP contribution is 2.21. The fourth-order valence-electron chi connectivity index (χ4n) is 2.56. The third-order valence-electron chi connectivity index (χ3n) is 4.02. The number of hydrogen-bond acceptors (Lipinski definition) is 6. The molecule has 0 aliphatic rings. The third kappa shape index (κ3) is 4.89. The van der Waals surface area contributed by atoms with Crippen LogP contribution in [0.5, 0.6) is 11.5 Å². The van der Waals surface area contributed by atoms with Crippen molar-refractivity contribution in [2.45, 2.75) is 19.6 Å². The lowest BCUT2D eigenvalue weighted by Crippen LogP contribution is -2.37. The number of ether oxygens (including phenoxy) is 2. The number of amides is 1. The van der Waals surface area contributed by atoms with E-state index >= 15 is 0 Å². The minimum absolute atomic E-state index is 0.191. The minimum atomic E-state index is -0.661. The molecule has 3 rings (SSSR count). The van der Waals surface area contributed by atoms with Crippen molar-refractivity contribution in [1.29, 1.82) is 0 Å². The molecule has 0 N–H and O–H groups in total. The van der Waals surface area contributed by atoms with Crippen molar-refractivity contribution in [2.24, 2.45) is 0 Å². The van der Waals surface area contributed by atoms with Gasteiger partial charge in [-0.1, -0.05) is 33.2 Å². The van der Waals surface area contributed by atoms with Crippen LogP contribution in [0.25, 0.3) is 11.4 Å². The maximum Gasteiger partial charge on any atom is 0.263 e. The number of halogens is 1. The molecule has 0 aliphatic heterocycles. The van der Waals surface area contributed by atoms with Gasteiger partial charge in [0, 0.05) is 17.1 Å². The third-order valence-corrected chi connectivity index (χ3v) is 4.51. The molecule has 1 unspecified atom stereocenters. The number of benzene rings is 2. The molecule has 1 amide bonds. The Labute approximate surface area is 171 Å². The Balaban J connectivity index is 1.60. The van der Waals surface area contributed by atoms with Crippen molar-refractivity contribution in [1.82, 2.24) is 15.0 Å². The summed E-state index contributed by atoms with van der Waals surface area (Å²) in [5.41, 5.74) is 0.828. The lowest BCUT2D eigenvalue weighted by Gasteiger charge is -2.20. The summed E-state index contributed by atoms with van der Waals surface area (Å²) in [6, 6.07) is 14.7. The Kier molecular flexibility index (Phi) is 6.30. The number of carbonyl (C=O) groups excluding carboxylic acids is 1. The van der Waals surface area contributed by atoms with Gasteiger partial charge < -0.3 is 18.9 Å². The van der Waals surface area contributed by atoms with Crippen molar-refractivity contribution in [3.63, 3.8) is 0 Å². The Morgan fingerprint density at radius 3 is 2.61 bits per heavy atom. The van der Waals surface area contributed by atoms with Crippen LogP contribution < -0.4 is 9.47 Å². The minimum Gasteiger partial charge on any atom is -0.497 e. The fraction of sp³-hybridized carbons (Fsp3) is 0.250. The second kappa shape index (κ2) is 8.88. The molecule has 0 saturated heterocycles. The molecular weight excluding hydrogens is 426 g/mol. The summed E-state index contributed by atoms with van der Waals surface area (Å²) in [5, 5.41) is 3.98. The van der Waals surface area contributed by atoms with Gasteiger partial charge in [0.1, 0.15) is 11.5 Å². The Bertz CT molecular complexity index is 943. The molecule has 1 atom stereocenters. The van der Waals surface area contributed by atoms with Gasteiger partial charge in [0.15, 0.2) is 6.10 Å². The molecule has 8 heteroatoms. The predicted octanol–water partition coefficient (Wildman–Crippen LogP) is 3.93. The Morgan fingerprint density at radius 2 is 1.93 bits per heavy atom. The van der Waals surface area contributed by atoms with E-state index in [1.807, 2.05) is 24.3 Å². The van der Waals surface area contributed by atoms with Gasteiger partial charge in [-0.15, -0.1) is 0 Å². The molecule has 2 aromatic carbocycles. The lowest BCUT2D eigenvalue weighted by atomic mass is 10.2. The normalized spacial score (nSPS) is 11.7. The highest BCUT2D eigenvalue weighted by Gasteiger charge is 2.21. The van der Waals surface area contributed by atoms with Gasteiger partial charge in [0.2, 0.25) is 11.7 Å². The predicted molar refractivity (Wildman–Crippen MR) is 107 cm³/mol. The highest BCUT2D eigenvalue weighted by atomic mass is 79.9. The highest BCUT2D eigenvalue weighted by molar-refractivity contribution is 9.10. The molecule has 3 aromatic rings. The van der Waals surface area contributed by atoms with E-state index in [1.165, 1.54) is 4.90 Å². The van der Waals surface area contributed by atoms with Crippen LogP contribution in [0.1, 0.15) is 12.8 Å². The molecule has 0 radical (unpaired) electrons. The van der Waals surface area contributed by atoms with Gasteiger partial charge in [-0.05, 0) is 43.3 Å². The first-order valence-corrected chi connectivity index (χ1v) is 9.40. The van der Waals surface area contributed by atoms with Crippen LogP contribution in [-0.2, 0) is 11.3 Å². The molecule has 1 heterocycles. The Morgan fingerprint density at radius 1 is 1.21 bits per heavy atom. The number of hydrogen-bond donors (Lipinski definition) is 0. The SMILES string of the molecule is COc1ccc(OC(C)C(=O)N(C)Cc2nc(-c3cccc(Br)c3)no2)cc1. The van der Waals surface area contributed by atoms with Gasteiger partial charge in [0.25, 0.3) is 5.91 Å². The number of carbonyl (C=O) groups is 1. The molecule has 146 valence electrons. The van der Waals surface area contributed by atoms with Gasteiger partial charge in [-0.25, -0.2) is 0 Å². The molecule has 7 nitrogen and oxygen atoms in total. The smallest absolute Gasteiger partial charge is 0.263 e. The zero-order valence-electron chi connectivity index (χ0n) is 15.8. The summed E-state index contributed by atoms with van der Waals surface area (Å²) in [6.45, 7) is 1.89. The maximum atomic E-state index is 12.6. The Hall–Kier alpha value is -2.87. The molecular formula is C20H20BrN3O4. The fourth-order valence-corrected chi connectivity index (χ4v) is 2.96. The second-order valence-corrected chi connectivity index (χ2v) is 7.07. The van der Waals surface area contributed by atoms with Crippen molar-refractivity contribution < 1.29 is 18.8 Å². The van der Waals surface area contributed by atoms with Crippen LogP contribution in [0.15, 0.2) is 57.5 Å². The summed E-state index contributed by atoms with van der Waals surface area (Å²) >= 11 is 3.42. The average molecular weight is 446 g/mol. The topological polar surface area (TPSA) is 77.7 Å². The van der Waals surface area contributed by atoms with Crippen LogP contribution >= 0.6 is 15.9 Å². The van der Waals surface area contributed by atoms with Crippen LogP contribution in [0, 0.1) is 0 Å². The van der Waals surface area contributed by atoms with Crippen LogP contribution in [0.4, 0.5) is 0 Å². The van der Waals surface area contributed by atoms with E-state index in [2.05, 4.69) is 26.1 Å². The second-order valence-electron chi connectivity index (χ2n) is 6.15. The zero-order valence-corrected chi connectivity index (χ0v) is 17.3. The van der Waals surface area contributed by atoms with Gasteiger partial charge >= 0.3 is 0 Å². The van der Waals surface area contributed by atoms with E-state index < -0.39 is 6.10 Å². The van der Waals surface area contributed by atoms with E-state index in [0.717, 1.165) is 15.8 Å². The summed E-state index contributed by atoms with van der Waals surface area (Å²) < 4.78 is 17.0. The molecule has 1 aromatic heterocycles. The standard InChI is InChI=1S/C20H20BrN3O4/c1-13(27-17-9-7-16(26-3)8-10-17)20(25)24(2)12-18-22-19(23-28-18)14-5-4-6-15(21)11-14/h4-11,13H,12H2,1-3H3. The van der Waals surface area contributed by atoms with E-state index in [1.54, 1.807) is 45.3 Å². The summed E-state index contributed by atoms with van der Waals surface area (Å²) in [7, 11) is 3.26. The van der Waals surface area contributed by atoms with Crippen LogP contribution in [0.2, 0.25) is 0 Å². The van der Waals surface area contributed by atoms with Crippen LogP contribution in [-0.4, -0.2) is 41.2 Å². The molecule has 0 aliphatic carbocycles. The zero-order chi connectivity index (χ0) is 20.1. The van der Waals surface area contributed by atoms with E-state index in [-0.39, 0.29) is 12.5 Å². The van der Waals surface area contributed by atoms with E-state index in [4.69, 9.17) is 14.0 Å². The summed E-state index contributed by atoms with van der Waals surface area (Å²) in [5.74, 6) is 1.94. The molecule has 0 spiro atoms. The first-order valence-electron chi connectivity index (χ1n) is 8.60. The number of likely N-dealkylation sites (N-methyl/N-ethyl adjacent to an activating group) is 1. The summed E-state index contributed by atoms with van der Waals surface area (Å²) in [4.78, 5) is 18.4. The number of nitrogens with zero attached hydrogens (tertiary/aromatic N) is 3. The molecule has 0 saturated carbocycles. The van der Waals surface area contributed by atoms with Crippen molar-refractivity contribution >= 4 is 21.8 Å². The molecule has 28 heavy (non-hydrogen) atoms. The van der Waals surface area contributed by atoms with Crippen molar-refractivity contribution in [2.75, 3.05) is 14.2 Å².